The van der Waals surface area contributed by atoms with Crippen LogP contribution in [0.2, 0.25) is 0 Å². The van der Waals surface area contributed by atoms with Gasteiger partial charge in [0.1, 0.15) is 5.75 Å². The monoisotopic (exact) mass is 402 g/mol. The standard InChI is InChI=1S/C21H18N6O3/c1-29-15-9-7-14(8-10-15)18(28)13-27-17-6-3-2-5-16(17)24-21(27)19-20(26-30-25-19)23-12-4-11-22/h2-3,5-10H,4,12-13H2,1H3,(H,23,26). The van der Waals surface area contributed by atoms with Crippen molar-refractivity contribution in [1.82, 2.24) is 19.9 Å². The van der Waals surface area contributed by atoms with Gasteiger partial charge in [0.05, 0.1) is 37.2 Å². The number of ketones is 1. The van der Waals surface area contributed by atoms with E-state index in [9.17, 15) is 4.79 Å². The average molecular weight is 402 g/mol. The number of hydrogen-bond acceptors (Lipinski definition) is 8. The van der Waals surface area contributed by atoms with Gasteiger partial charge in [0.2, 0.25) is 5.82 Å². The minimum atomic E-state index is -0.0856. The SMILES string of the molecule is COc1ccc(C(=O)Cn2c(-c3nonc3NCCC#N)nc3ccccc32)cc1. The van der Waals surface area contributed by atoms with E-state index in [0.717, 1.165) is 11.0 Å². The van der Waals surface area contributed by atoms with Gasteiger partial charge in [-0.3, -0.25) is 4.79 Å². The molecule has 150 valence electrons. The molecule has 0 aliphatic carbocycles. The van der Waals surface area contributed by atoms with Crippen LogP contribution in [-0.2, 0) is 6.54 Å². The lowest BCUT2D eigenvalue weighted by atomic mass is 10.1. The fraction of sp³-hybridized carbons (Fsp3) is 0.190. The van der Waals surface area contributed by atoms with Crippen LogP contribution < -0.4 is 10.1 Å². The maximum absolute atomic E-state index is 13.0. The summed E-state index contributed by atoms with van der Waals surface area (Å²) in [6, 6.07) is 16.5. The number of hydrogen-bond donors (Lipinski definition) is 1. The van der Waals surface area contributed by atoms with Crippen molar-refractivity contribution in [2.75, 3.05) is 19.0 Å². The Morgan fingerprint density at radius 3 is 2.77 bits per heavy atom. The number of para-hydroxylation sites is 2. The van der Waals surface area contributed by atoms with Crippen LogP contribution in [0, 0.1) is 11.3 Å². The smallest absolute Gasteiger partial charge is 0.202 e. The van der Waals surface area contributed by atoms with E-state index in [0.29, 0.717) is 41.6 Å². The Balaban J connectivity index is 1.72. The predicted octanol–water partition coefficient (Wildman–Crippen LogP) is 3.30. The second-order valence-electron chi connectivity index (χ2n) is 6.46. The zero-order valence-corrected chi connectivity index (χ0v) is 16.2. The highest BCUT2D eigenvalue weighted by Crippen LogP contribution is 2.28. The molecule has 2 heterocycles. The van der Waals surface area contributed by atoms with Crippen molar-refractivity contribution in [3.63, 3.8) is 0 Å². The number of aromatic nitrogens is 4. The molecule has 0 saturated carbocycles. The molecule has 1 N–H and O–H groups in total. The average Bonchev–Trinajstić information content (AvgIpc) is 3.38. The molecule has 0 aliphatic heterocycles. The van der Waals surface area contributed by atoms with E-state index < -0.39 is 0 Å². The summed E-state index contributed by atoms with van der Waals surface area (Å²) in [6.45, 7) is 0.454. The highest BCUT2D eigenvalue weighted by molar-refractivity contribution is 5.97. The molecule has 0 spiro atoms. The summed E-state index contributed by atoms with van der Waals surface area (Å²) in [7, 11) is 1.58. The second-order valence-corrected chi connectivity index (χ2v) is 6.46. The molecule has 0 radical (unpaired) electrons. The number of anilines is 1. The third-order valence-corrected chi connectivity index (χ3v) is 4.60. The van der Waals surface area contributed by atoms with Crippen molar-refractivity contribution in [3.8, 4) is 23.3 Å². The predicted molar refractivity (Wildman–Crippen MR) is 109 cm³/mol. The largest absolute Gasteiger partial charge is 0.497 e. The topological polar surface area (TPSA) is 119 Å². The highest BCUT2D eigenvalue weighted by Gasteiger charge is 2.22. The van der Waals surface area contributed by atoms with Crippen LogP contribution in [0.25, 0.3) is 22.6 Å². The van der Waals surface area contributed by atoms with Gasteiger partial charge in [-0.2, -0.15) is 5.26 Å². The van der Waals surface area contributed by atoms with Gasteiger partial charge in [0.15, 0.2) is 17.3 Å². The fourth-order valence-corrected chi connectivity index (χ4v) is 3.12. The molecule has 0 saturated heterocycles. The van der Waals surface area contributed by atoms with E-state index in [4.69, 9.17) is 14.6 Å². The number of nitriles is 1. The van der Waals surface area contributed by atoms with Crippen molar-refractivity contribution < 1.29 is 14.2 Å². The maximum atomic E-state index is 13.0. The van der Waals surface area contributed by atoms with Gasteiger partial charge in [0.25, 0.3) is 0 Å². The first-order valence-corrected chi connectivity index (χ1v) is 9.27. The van der Waals surface area contributed by atoms with E-state index in [1.165, 1.54) is 0 Å². The fourth-order valence-electron chi connectivity index (χ4n) is 3.12. The number of carbonyl (C=O) groups is 1. The van der Waals surface area contributed by atoms with Crippen LogP contribution >= 0.6 is 0 Å². The van der Waals surface area contributed by atoms with Gasteiger partial charge in [-0.15, -0.1) is 0 Å². The lowest BCUT2D eigenvalue weighted by molar-refractivity contribution is 0.0974. The Morgan fingerprint density at radius 1 is 1.20 bits per heavy atom. The van der Waals surface area contributed by atoms with E-state index in [2.05, 4.69) is 26.7 Å². The number of ether oxygens (including phenoxy) is 1. The Morgan fingerprint density at radius 2 is 2.00 bits per heavy atom. The van der Waals surface area contributed by atoms with E-state index in [1.807, 2.05) is 24.3 Å². The number of imidazole rings is 1. The van der Waals surface area contributed by atoms with Crippen molar-refractivity contribution >= 4 is 22.6 Å². The van der Waals surface area contributed by atoms with E-state index >= 15 is 0 Å². The van der Waals surface area contributed by atoms with Crippen molar-refractivity contribution in [2.45, 2.75) is 13.0 Å². The van der Waals surface area contributed by atoms with Gasteiger partial charge < -0.3 is 14.6 Å². The number of carbonyl (C=O) groups excluding carboxylic acids is 1. The summed E-state index contributed by atoms with van der Waals surface area (Å²) in [5.41, 5.74) is 2.46. The molecule has 2 aromatic carbocycles. The Bertz CT molecular complexity index is 1220. The zero-order valence-electron chi connectivity index (χ0n) is 16.2. The van der Waals surface area contributed by atoms with Gasteiger partial charge in [-0.25, -0.2) is 9.61 Å². The molecule has 0 bridgehead atoms. The molecule has 9 nitrogen and oxygen atoms in total. The zero-order chi connectivity index (χ0) is 20.9. The van der Waals surface area contributed by atoms with Crippen LogP contribution in [0.15, 0.2) is 53.2 Å². The normalized spacial score (nSPS) is 10.7. The number of fused-ring (bicyclic) bond motifs is 1. The Labute approximate surface area is 171 Å². The van der Waals surface area contributed by atoms with Crippen LogP contribution in [0.3, 0.4) is 0 Å². The van der Waals surface area contributed by atoms with Gasteiger partial charge >= 0.3 is 0 Å². The number of rotatable bonds is 8. The molecule has 0 aliphatic rings. The van der Waals surface area contributed by atoms with Gasteiger partial charge in [-0.05, 0) is 46.7 Å². The summed E-state index contributed by atoms with van der Waals surface area (Å²) in [4.78, 5) is 17.6. The summed E-state index contributed by atoms with van der Waals surface area (Å²) in [5.74, 6) is 1.43. The third kappa shape index (κ3) is 3.71. The molecular weight excluding hydrogens is 384 g/mol. The van der Waals surface area contributed by atoms with Crippen LogP contribution in [0.4, 0.5) is 5.82 Å². The quantitative estimate of drug-likeness (QED) is 0.352. The highest BCUT2D eigenvalue weighted by atomic mass is 16.6. The van der Waals surface area contributed by atoms with Gasteiger partial charge in [0, 0.05) is 12.1 Å². The molecule has 0 unspecified atom stereocenters. The molecular formula is C21H18N6O3. The minimum absolute atomic E-state index is 0.0622. The minimum Gasteiger partial charge on any atom is -0.497 e. The molecule has 9 heteroatoms. The van der Waals surface area contributed by atoms with Crippen LogP contribution in [0.1, 0.15) is 16.8 Å². The molecule has 0 atom stereocenters. The van der Waals surface area contributed by atoms with E-state index in [1.54, 1.807) is 35.9 Å². The molecule has 30 heavy (non-hydrogen) atoms. The molecule has 0 amide bonds. The van der Waals surface area contributed by atoms with E-state index in [-0.39, 0.29) is 12.3 Å². The first-order chi connectivity index (χ1) is 14.7. The molecule has 4 aromatic rings. The van der Waals surface area contributed by atoms with Crippen LogP contribution in [0.5, 0.6) is 5.75 Å². The molecule has 0 fully saturated rings. The van der Waals surface area contributed by atoms with Crippen molar-refractivity contribution in [3.05, 3.63) is 54.1 Å². The first-order valence-electron chi connectivity index (χ1n) is 9.27. The second kappa shape index (κ2) is 8.45. The lowest BCUT2D eigenvalue weighted by Gasteiger charge is -2.09. The third-order valence-electron chi connectivity index (χ3n) is 4.60. The van der Waals surface area contributed by atoms with Crippen molar-refractivity contribution in [1.29, 1.82) is 5.26 Å². The number of nitrogens with one attached hydrogen (secondary N) is 1. The number of benzene rings is 2. The Kier molecular flexibility index (Phi) is 5.39. The van der Waals surface area contributed by atoms with Gasteiger partial charge in [-0.1, -0.05) is 12.1 Å². The Hall–Kier alpha value is -4.19. The number of nitrogens with zero attached hydrogens (tertiary/aromatic N) is 5. The summed E-state index contributed by atoms with van der Waals surface area (Å²) in [6.07, 6.45) is 0.304. The number of methoxy groups -OCH3 is 1. The first kappa shape index (κ1) is 19.1. The van der Waals surface area contributed by atoms with Crippen LogP contribution in [-0.4, -0.2) is 39.3 Å². The maximum Gasteiger partial charge on any atom is 0.202 e. The summed E-state index contributed by atoms with van der Waals surface area (Å²) < 4.78 is 11.8. The summed E-state index contributed by atoms with van der Waals surface area (Å²) >= 11 is 0. The summed E-state index contributed by atoms with van der Waals surface area (Å²) in [5, 5.41) is 19.6. The van der Waals surface area contributed by atoms with Crippen molar-refractivity contribution in [2.24, 2.45) is 0 Å². The lowest BCUT2D eigenvalue weighted by Crippen LogP contribution is -2.12. The number of Topliss-reactive ketones (excluding diaryl/α,β-unsaturated/α-hetero) is 1. The molecule has 2 aromatic heterocycles. The molecule has 4 rings (SSSR count).